The molecule has 3 rings (SSSR count). The van der Waals surface area contributed by atoms with Gasteiger partial charge in [0.15, 0.2) is 23.8 Å². The predicted octanol–water partition coefficient (Wildman–Crippen LogP) is 2.07. The number of carbonyl (C=O) groups excluding carboxylic acids is 1. The van der Waals surface area contributed by atoms with Crippen LogP contribution in [-0.2, 0) is 7.05 Å². The standard InChI is InChI=1S/C15H11BrN2O4/c1-8-3-9(5-12-13(8)17(2)15(20)22-12)14(19)10-4-11(16)7-18(21)6-10/h3-7H,1-2H3. The van der Waals surface area contributed by atoms with Gasteiger partial charge in [0.25, 0.3) is 0 Å². The van der Waals surface area contributed by atoms with Gasteiger partial charge in [-0.25, -0.2) is 4.79 Å². The second-order valence-corrected chi connectivity index (χ2v) is 5.91. The first-order valence-corrected chi connectivity index (χ1v) is 7.20. The molecule has 0 spiro atoms. The van der Waals surface area contributed by atoms with Crippen molar-refractivity contribution < 1.29 is 13.9 Å². The molecule has 0 radical (unpaired) electrons. The van der Waals surface area contributed by atoms with Crippen LogP contribution in [0.15, 0.2) is 44.3 Å². The molecule has 0 N–H and O–H groups in total. The van der Waals surface area contributed by atoms with Crippen LogP contribution >= 0.6 is 15.9 Å². The average molecular weight is 363 g/mol. The maximum absolute atomic E-state index is 12.5. The van der Waals surface area contributed by atoms with Crippen LogP contribution in [0.1, 0.15) is 21.5 Å². The Morgan fingerprint density at radius 1 is 1.27 bits per heavy atom. The number of carbonyl (C=O) groups is 1. The lowest BCUT2D eigenvalue weighted by molar-refractivity contribution is -0.606. The number of oxazole rings is 1. The summed E-state index contributed by atoms with van der Waals surface area (Å²) in [5, 5.41) is 11.4. The number of hydrogen-bond donors (Lipinski definition) is 0. The molecule has 0 bridgehead atoms. The van der Waals surface area contributed by atoms with Gasteiger partial charge >= 0.3 is 5.76 Å². The monoisotopic (exact) mass is 362 g/mol. The van der Waals surface area contributed by atoms with E-state index in [4.69, 9.17) is 4.42 Å². The van der Waals surface area contributed by atoms with Crippen molar-refractivity contribution in [1.82, 2.24) is 4.57 Å². The number of aromatic nitrogens is 2. The maximum Gasteiger partial charge on any atom is 0.419 e. The Hall–Kier alpha value is -2.41. The Morgan fingerprint density at radius 3 is 2.68 bits per heavy atom. The fourth-order valence-electron chi connectivity index (χ4n) is 2.45. The first kappa shape index (κ1) is 14.5. The molecule has 0 aliphatic rings. The highest BCUT2D eigenvalue weighted by molar-refractivity contribution is 9.10. The number of halogens is 1. The van der Waals surface area contributed by atoms with E-state index in [9.17, 15) is 14.8 Å². The summed E-state index contributed by atoms with van der Waals surface area (Å²) in [5.41, 5.74) is 2.36. The lowest BCUT2D eigenvalue weighted by atomic mass is 10.0. The molecule has 0 aliphatic carbocycles. The van der Waals surface area contributed by atoms with Crippen LogP contribution in [0, 0.1) is 12.1 Å². The minimum atomic E-state index is -0.484. The highest BCUT2D eigenvalue weighted by Gasteiger charge is 2.17. The SMILES string of the molecule is Cc1cc(C(=O)c2cc(Br)c[n+]([O-])c2)cc2oc(=O)n(C)c12. The number of benzene rings is 1. The predicted molar refractivity (Wildman–Crippen MR) is 82.7 cm³/mol. The van der Waals surface area contributed by atoms with Crippen molar-refractivity contribution in [3.63, 3.8) is 0 Å². The topological polar surface area (TPSA) is 79.2 Å². The summed E-state index contributed by atoms with van der Waals surface area (Å²) in [5.74, 6) is -0.801. The minimum Gasteiger partial charge on any atom is -0.619 e. The van der Waals surface area contributed by atoms with E-state index in [-0.39, 0.29) is 11.3 Å². The molecule has 0 aliphatic heterocycles. The van der Waals surface area contributed by atoms with Gasteiger partial charge < -0.3 is 9.62 Å². The number of pyridine rings is 1. The van der Waals surface area contributed by atoms with Crippen molar-refractivity contribution in [2.24, 2.45) is 7.05 Å². The van der Waals surface area contributed by atoms with Crippen molar-refractivity contribution in [2.45, 2.75) is 6.92 Å². The zero-order chi connectivity index (χ0) is 16.0. The Bertz CT molecular complexity index is 951. The van der Waals surface area contributed by atoms with E-state index in [1.54, 1.807) is 26.1 Å². The van der Waals surface area contributed by atoms with Gasteiger partial charge in [-0.1, -0.05) is 0 Å². The number of fused-ring (bicyclic) bond motifs is 1. The Balaban J connectivity index is 2.17. The summed E-state index contributed by atoms with van der Waals surface area (Å²) in [6, 6.07) is 4.76. The molecule has 6 nitrogen and oxygen atoms in total. The average Bonchev–Trinajstić information content (AvgIpc) is 2.72. The molecule has 112 valence electrons. The second-order valence-electron chi connectivity index (χ2n) is 5.00. The van der Waals surface area contributed by atoms with E-state index in [0.29, 0.717) is 25.9 Å². The summed E-state index contributed by atoms with van der Waals surface area (Å²) < 4.78 is 7.60. The Labute approximate surface area is 133 Å². The van der Waals surface area contributed by atoms with Crippen LogP contribution in [0.3, 0.4) is 0 Å². The zero-order valence-corrected chi connectivity index (χ0v) is 13.4. The largest absolute Gasteiger partial charge is 0.619 e. The summed E-state index contributed by atoms with van der Waals surface area (Å²) >= 11 is 3.18. The zero-order valence-electron chi connectivity index (χ0n) is 11.8. The van der Waals surface area contributed by atoms with Crippen LogP contribution in [-0.4, -0.2) is 10.4 Å². The van der Waals surface area contributed by atoms with E-state index in [1.165, 1.54) is 23.0 Å². The van der Waals surface area contributed by atoms with Gasteiger partial charge in [0.1, 0.15) is 0 Å². The van der Waals surface area contributed by atoms with Crippen molar-refractivity contribution in [3.05, 3.63) is 67.5 Å². The molecule has 0 fully saturated rings. The van der Waals surface area contributed by atoms with Gasteiger partial charge in [0.05, 0.1) is 15.6 Å². The van der Waals surface area contributed by atoms with E-state index < -0.39 is 5.76 Å². The third-order valence-electron chi connectivity index (χ3n) is 3.41. The van der Waals surface area contributed by atoms with Crippen LogP contribution in [0.5, 0.6) is 0 Å². The first-order chi connectivity index (χ1) is 10.4. The van der Waals surface area contributed by atoms with Gasteiger partial charge in [0, 0.05) is 12.6 Å². The lowest BCUT2D eigenvalue weighted by Crippen LogP contribution is -2.26. The molecule has 2 aromatic heterocycles. The number of hydrogen-bond acceptors (Lipinski definition) is 4. The Morgan fingerprint density at radius 2 is 2.00 bits per heavy atom. The van der Waals surface area contributed by atoms with Crippen LogP contribution in [0.4, 0.5) is 0 Å². The van der Waals surface area contributed by atoms with Crippen LogP contribution in [0.2, 0.25) is 0 Å². The fourth-order valence-corrected chi connectivity index (χ4v) is 2.90. The summed E-state index contributed by atoms with van der Waals surface area (Å²) in [6.45, 7) is 1.79. The lowest BCUT2D eigenvalue weighted by Gasteiger charge is -2.05. The molecule has 2 heterocycles. The highest BCUT2D eigenvalue weighted by Crippen LogP contribution is 2.22. The van der Waals surface area contributed by atoms with Gasteiger partial charge in [-0.2, -0.15) is 4.73 Å². The molecular weight excluding hydrogens is 352 g/mol. The molecule has 0 atom stereocenters. The van der Waals surface area contributed by atoms with E-state index in [2.05, 4.69) is 15.9 Å². The second kappa shape index (κ2) is 5.10. The van der Waals surface area contributed by atoms with Crippen LogP contribution < -0.4 is 10.5 Å². The molecule has 0 saturated heterocycles. The fraction of sp³-hybridized carbons (Fsp3) is 0.133. The van der Waals surface area contributed by atoms with Crippen molar-refractivity contribution >= 4 is 32.8 Å². The summed E-state index contributed by atoms with van der Waals surface area (Å²) in [7, 11) is 1.61. The molecule has 22 heavy (non-hydrogen) atoms. The summed E-state index contributed by atoms with van der Waals surface area (Å²) in [4.78, 5) is 24.1. The quantitative estimate of drug-likeness (QED) is 0.397. The van der Waals surface area contributed by atoms with Gasteiger partial charge in [-0.3, -0.25) is 9.36 Å². The number of nitrogens with zero attached hydrogens (tertiary/aromatic N) is 2. The number of ketones is 1. The van der Waals surface area contributed by atoms with E-state index in [0.717, 1.165) is 5.56 Å². The molecule has 0 amide bonds. The van der Waals surface area contributed by atoms with Gasteiger partial charge in [-0.15, -0.1) is 0 Å². The van der Waals surface area contributed by atoms with Gasteiger partial charge in [0.2, 0.25) is 0 Å². The van der Waals surface area contributed by atoms with E-state index >= 15 is 0 Å². The molecule has 0 saturated carbocycles. The van der Waals surface area contributed by atoms with Gasteiger partial charge in [-0.05, 0) is 46.6 Å². The van der Waals surface area contributed by atoms with Crippen molar-refractivity contribution in [3.8, 4) is 0 Å². The number of rotatable bonds is 2. The Kier molecular flexibility index (Phi) is 3.37. The minimum absolute atomic E-state index is 0.251. The first-order valence-electron chi connectivity index (χ1n) is 6.41. The maximum atomic E-state index is 12.5. The molecule has 1 aromatic carbocycles. The summed E-state index contributed by atoms with van der Waals surface area (Å²) in [6.07, 6.45) is 2.51. The third kappa shape index (κ3) is 2.33. The molecule has 7 heteroatoms. The molecule has 0 unspecified atom stereocenters. The van der Waals surface area contributed by atoms with E-state index in [1.807, 2.05) is 0 Å². The van der Waals surface area contributed by atoms with Crippen LogP contribution in [0.25, 0.3) is 11.1 Å². The molecular formula is C15H11BrN2O4. The van der Waals surface area contributed by atoms with Crippen molar-refractivity contribution in [2.75, 3.05) is 0 Å². The molecule has 3 aromatic rings. The smallest absolute Gasteiger partial charge is 0.419 e. The highest BCUT2D eigenvalue weighted by atomic mass is 79.9. The normalized spacial score (nSPS) is 11.0. The van der Waals surface area contributed by atoms with Crippen molar-refractivity contribution in [1.29, 1.82) is 0 Å². The third-order valence-corrected chi connectivity index (χ3v) is 3.84. The number of aryl methyl sites for hydroxylation is 2.